The molecular formula is C9H15FO2. The van der Waals surface area contributed by atoms with Crippen molar-refractivity contribution in [3.05, 3.63) is 11.6 Å². The van der Waals surface area contributed by atoms with Gasteiger partial charge in [-0.15, -0.1) is 0 Å². The molecule has 0 saturated carbocycles. The van der Waals surface area contributed by atoms with E-state index in [-0.39, 0.29) is 12.0 Å². The van der Waals surface area contributed by atoms with Gasteiger partial charge in [0.25, 0.3) is 0 Å². The van der Waals surface area contributed by atoms with E-state index in [1.165, 1.54) is 13.0 Å². The van der Waals surface area contributed by atoms with Crippen molar-refractivity contribution in [1.82, 2.24) is 0 Å². The smallest absolute Gasteiger partial charge is 0.330 e. The summed E-state index contributed by atoms with van der Waals surface area (Å²) < 4.78 is 12.8. The number of allylic oxidation sites excluding steroid dienone is 1. The van der Waals surface area contributed by atoms with Gasteiger partial charge in [0.15, 0.2) is 0 Å². The van der Waals surface area contributed by atoms with Crippen LogP contribution in [0.15, 0.2) is 11.6 Å². The van der Waals surface area contributed by atoms with Crippen LogP contribution in [-0.2, 0) is 4.79 Å². The summed E-state index contributed by atoms with van der Waals surface area (Å²) >= 11 is 0. The van der Waals surface area contributed by atoms with Gasteiger partial charge in [0.05, 0.1) is 0 Å². The molecule has 2 nitrogen and oxygen atoms in total. The van der Waals surface area contributed by atoms with Crippen LogP contribution in [-0.4, -0.2) is 17.2 Å². The predicted molar refractivity (Wildman–Crippen MR) is 45.8 cm³/mol. The van der Waals surface area contributed by atoms with Crippen molar-refractivity contribution < 1.29 is 14.3 Å². The molecule has 0 aromatic rings. The van der Waals surface area contributed by atoms with Crippen LogP contribution in [0.3, 0.4) is 0 Å². The van der Waals surface area contributed by atoms with Gasteiger partial charge in [-0.25, -0.2) is 9.18 Å². The van der Waals surface area contributed by atoms with Gasteiger partial charge < -0.3 is 5.11 Å². The molecule has 0 aliphatic carbocycles. The fraction of sp³-hybridized carbons (Fsp3) is 0.667. The zero-order chi connectivity index (χ0) is 9.56. The second-order valence-corrected chi connectivity index (χ2v) is 2.81. The summed E-state index contributed by atoms with van der Waals surface area (Å²) in [6.07, 6.45) is 2.04. The molecule has 12 heavy (non-hydrogen) atoms. The number of carboxylic acids is 1. The first-order chi connectivity index (χ1) is 5.57. The SMILES string of the molecule is CCCC(F)CC=C(C)C(=O)O. The molecule has 0 saturated heterocycles. The number of aliphatic carboxylic acids is 1. The standard InChI is InChI=1S/C9H15FO2/c1-3-4-8(10)6-5-7(2)9(11)12/h5,8H,3-4,6H2,1-2H3,(H,11,12). The number of hydrogen-bond donors (Lipinski definition) is 1. The number of halogens is 1. The summed E-state index contributed by atoms with van der Waals surface area (Å²) in [5.74, 6) is -0.973. The first-order valence-electron chi connectivity index (χ1n) is 4.12. The second kappa shape index (κ2) is 5.75. The van der Waals surface area contributed by atoms with Crippen molar-refractivity contribution in [1.29, 1.82) is 0 Å². The van der Waals surface area contributed by atoms with Crippen molar-refractivity contribution in [2.75, 3.05) is 0 Å². The third kappa shape index (κ3) is 4.88. The number of carbonyl (C=O) groups is 1. The van der Waals surface area contributed by atoms with Crippen LogP contribution in [0.2, 0.25) is 0 Å². The van der Waals surface area contributed by atoms with E-state index in [9.17, 15) is 9.18 Å². The van der Waals surface area contributed by atoms with Crippen molar-refractivity contribution in [3.8, 4) is 0 Å². The molecule has 70 valence electrons. The van der Waals surface area contributed by atoms with E-state index >= 15 is 0 Å². The fourth-order valence-corrected chi connectivity index (χ4v) is 0.823. The van der Waals surface area contributed by atoms with E-state index in [0.29, 0.717) is 6.42 Å². The number of hydrogen-bond acceptors (Lipinski definition) is 1. The highest BCUT2D eigenvalue weighted by atomic mass is 19.1. The largest absolute Gasteiger partial charge is 0.478 e. The lowest BCUT2D eigenvalue weighted by Gasteiger charge is -2.01. The van der Waals surface area contributed by atoms with Gasteiger partial charge in [0, 0.05) is 5.57 Å². The molecule has 0 spiro atoms. The Morgan fingerprint density at radius 1 is 1.67 bits per heavy atom. The molecule has 0 bridgehead atoms. The van der Waals surface area contributed by atoms with Crippen molar-refractivity contribution in [2.45, 2.75) is 39.3 Å². The Hall–Kier alpha value is -0.860. The molecule has 0 aliphatic rings. The first-order valence-corrected chi connectivity index (χ1v) is 4.12. The van der Waals surface area contributed by atoms with E-state index in [4.69, 9.17) is 5.11 Å². The van der Waals surface area contributed by atoms with Crippen molar-refractivity contribution in [3.63, 3.8) is 0 Å². The summed E-state index contributed by atoms with van der Waals surface area (Å²) in [5, 5.41) is 8.43. The third-order valence-electron chi connectivity index (χ3n) is 1.62. The maximum atomic E-state index is 12.8. The fourth-order valence-electron chi connectivity index (χ4n) is 0.823. The molecule has 1 N–H and O–H groups in total. The second-order valence-electron chi connectivity index (χ2n) is 2.81. The Labute approximate surface area is 72.1 Å². The molecule has 1 atom stereocenters. The van der Waals surface area contributed by atoms with Gasteiger partial charge in [0.1, 0.15) is 6.17 Å². The molecule has 0 amide bonds. The van der Waals surface area contributed by atoms with E-state index in [2.05, 4.69) is 0 Å². The molecule has 0 fully saturated rings. The van der Waals surface area contributed by atoms with Crippen LogP contribution >= 0.6 is 0 Å². The van der Waals surface area contributed by atoms with Gasteiger partial charge >= 0.3 is 5.97 Å². The highest BCUT2D eigenvalue weighted by molar-refractivity contribution is 5.85. The minimum atomic E-state index is -0.973. The number of carboxylic acid groups (broad SMARTS) is 1. The molecule has 0 rings (SSSR count). The molecule has 1 unspecified atom stereocenters. The molecule has 0 aromatic carbocycles. The van der Waals surface area contributed by atoms with Crippen LogP contribution in [0, 0.1) is 0 Å². The summed E-state index contributed by atoms with van der Waals surface area (Å²) in [4.78, 5) is 10.3. The maximum Gasteiger partial charge on any atom is 0.330 e. The lowest BCUT2D eigenvalue weighted by atomic mass is 10.1. The van der Waals surface area contributed by atoms with Gasteiger partial charge in [-0.05, 0) is 19.8 Å². The van der Waals surface area contributed by atoms with Crippen molar-refractivity contribution >= 4 is 5.97 Å². The van der Waals surface area contributed by atoms with Gasteiger partial charge in [0.2, 0.25) is 0 Å². The van der Waals surface area contributed by atoms with Crippen LogP contribution < -0.4 is 0 Å². The predicted octanol–water partition coefficient (Wildman–Crippen LogP) is 2.55. The minimum absolute atomic E-state index is 0.214. The van der Waals surface area contributed by atoms with E-state index in [1.807, 2.05) is 6.92 Å². The topological polar surface area (TPSA) is 37.3 Å². The molecule has 0 aromatic heterocycles. The summed E-state index contributed by atoms with van der Waals surface area (Å²) in [6.45, 7) is 3.38. The summed E-state index contributed by atoms with van der Waals surface area (Å²) in [6, 6.07) is 0. The van der Waals surface area contributed by atoms with Gasteiger partial charge in [-0.1, -0.05) is 19.4 Å². The van der Waals surface area contributed by atoms with Crippen LogP contribution in [0.25, 0.3) is 0 Å². The Bertz CT molecular complexity index is 175. The van der Waals surface area contributed by atoms with E-state index in [0.717, 1.165) is 6.42 Å². The van der Waals surface area contributed by atoms with Gasteiger partial charge in [-0.3, -0.25) is 0 Å². The number of alkyl halides is 1. The highest BCUT2D eigenvalue weighted by Gasteiger charge is 2.04. The monoisotopic (exact) mass is 174 g/mol. The minimum Gasteiger partial charge on any atom is -0.478 e. The Morgan fingerprint density at radius 3 is 2.67 bits per heavy atom. The van der Waals surface area contributed by atoms with Gasteiger partial charge in [-0.2, -0.15) is 0 Å². The number of rotatable bonds is 5. The zero-order valence-corrected chi connectivity index (χ0v) is 7.51. The van der Waals surface area contributed by atoms with Crippen LogP contribution in [0.5, 0.6) is 0 Å². The maximum absolute atomic E-state index is 12.8. The Kier molecular flexibility index (Phi) is 5.34. The van der Waals surface area contributed by atoms with E-state index < -0.39 is 12.1 Å². The summed E-state index contributed by atoms with van der Waals surface area (Å²) in [7, 11) is 0. The molecule has 0 radical (unpaired) electrons. The van der Waals surface area contributed by atoms with Crippen LogP contribution in [0.4, 0.5) is 4.39 Å². The molecule has 0 heterocycles. The Balaban J connectivity index is 3.79. The van der Waals surface area contributed by atoms with Crippen LogP contribution in [0.1, 0.15) is 33.1 Å². The third-order valence-corrected chi connectivity index (χ3v) is 1.62. The average Bonchev–Trinajstić information content (AvgIpc) is 2.00. The highest BCUT2D eigenvalue weighted by Crippen LogP contribution is 2.08. The summed E-state index contributed by atoms with van der Waals surface area (Å²) in [5.41, 5.74) is 0.216. The zero-order valence-electron chi connectivity index (χ0n) is 7.51. The lowest BCUT2D eigenvalue weighted by Crippen LogP contribution is -2.00. The molecular weight excluding hydrogens is 159 g/mol. The molecule has 3 heteroatoms. The van der Waals surface area contributed by atoms with E-state index in [1.54, 1.807) is 0 Å². The Morgan fingerprint density at radius 2 is 2.25 bits per heavy atom. The molecule has 0 aliphatic heterocycles. The first kappa shape index (κ1) is 11.1. The lowest BCUT2D eigenvalue weighted by molar-refractivity contribution is -0.132. The normalized spacial score (nSPS) is 14.4. The quantitative estimate of drug-likeness (QED) is 0.650. The average molecular weight is 174 g/mol. The van der Waals surface area contributed by atoms with Crippen molar-refractivity contribution in [2.24, 2.45) is 0 Å².